The third-order valence-corrected chi connectivity index (χ3v) is 15.1. The van der Waals surface area contributed by atoms with Gasteiger partial charge in [0.05, 0.1) is 36.6 Å². The summed E-state index contributed by atoms with van der Waals surface area (Å²) in [4.78, 5) is 98.5. The molecule has 0 aromatic heterocycles. The second kappa shape index (κ2) is 29.3. The number of carbonyl (C=O) groups is 7. The van der Waals surface area contributed by atoms with Crippen LogP contribution in [0.25, 0.3) is 0 Å². The summed E-state index contributed by atoms with van der Waals surface area (Å²) < 4.78 is 11.9. The van der Waals surface area contributed by atoms with Gasteiger partial charge in [0, 0.05) is 59.6 Å². The molecule has 16 nitrogen and oxygen atoms in total. The van der Waals surface area contributed by atoms with Crippen molar-refractivity contribution >= 4 is 73.3 Å². The van der Waals surface area contributed by atoms with E-state index in [2.05, 4.69) is 47.8 Å². The zero-order valence-electron chi connectivity index (χ0n) is 41.0. The molecule has 10 atom stereocenters. The topological polar surface area (TPSA) is 204 Å². The molecule has 1 saturated heterocycles. The first kappa shape index (κ1) is 58.5. The summed E-state index contributed by atoms with van der Waals surface area (Å²) in [5.41, 5.74) is 0.767. The van der Waals surface area contributed by atoms with Gasteiger partial charge in [-0.05, 0) is 49.0 Å². The Hall–Kier alpha value is -3.61. The summed E-state index contributed by atoms with van der Waals surface area (Å²) in [5, 5.41) is 19.0. The fraction of sp³-hybridized carbons (Fsp3) is 0.729. The molecule has 66 heavy (non-hydrogen) atoms. The molecule has 2 rings (SSSR count). The number of methoxy groups -OCH3 is 2. The van der Waals surface area contributed by atoms with Crippen molar-refractivity contribution in [3.63, 3.8) is 0 Å². The van der Waals surface area contributed by atoms with Crippen molar-refractivity contribution in [2.75, 3.05) is 46.7 Å². The molecule has 1 aliphatic heterocycles. The molecule has 1 aromatic rings. The number of hydrogen-bond acceptors (Lipinski definition) is 9. The van der Waals surface area contributed by atoms with Crippen LogP contribution in [-0.2, 0) is 49.5 Å². The van der Waals surface area contributed by atoms with Crippen LogP contribution in [0.2, 0.25) is 0 Å². The first-order valence-electron chi connectivity index (χ1n) is 23.4. The lowest BCUT2D eigenvalue weighted by Gasteiger charge is -2.41. The lowest BCUT2D eigenvalue weighted by atomic mass is 9.89. The predicted octanol–water partition coefficient (Wildman–Crippen LogP) is 5.18. The highest BCUT2D eigenvalue weighted by molar-refractivity contribution is 9.12. The second-order valence-corrected chi connectivity index (χ2v) is 20.1. The van der Waals surface area contributed by atoms with E-state index in [0.29, 0.717) is 50.5 Å². The van der Waals surface area contributed by atoms with Crippen LogP contribution in [0.3, 0.4) is 0 Å². The molecule has 1 aliphatic rings. The van der Waals surface area contributed by atoms with Crippen LogP contribution in [-0.4, -0.2) is 155 Å². The summed E-state index contributed by atoms with van der Waals surface area (Å²) in [6.07, 6.45) is 2.73. The first-order chi connectivity index (χ1) is 31.2. The van der Waals surface area contributed by atoms with Gasteiger partial charge in [-0.3, -0.25) is 28.8 Å². The van der Waals surface area contributed by atoms with E-state index in [9.17, 15) is 38.7 Å². The molecule has 0 saturated carbocycles. The molecular weight excluding hydrogens is 980 g/mol. The van der Waals surface area contributed by atoms with E-state index in [1.54, 1.807) is 43.0 Å². The number of nitrogens with zero attached hydrogens (tertiary/aromatic N) is 3. The molecule has 1 aromatic carbocycles. The maximum absolute atomic E-state index is 14.6. The lowest BCUT2D eigenvalue weighted by Crippen LogP contribution is -2.60. The maximum Gasteiger partial charge on any atom is 0.326 e. The Balaban J connectivity index is 2.20. The van der Waals surface area contributed by atoms with E-state index >= 15 is 0 Å². The standard InChI is InChI=1S/C48H78Br2N6O10/c1-12-31(6)42(55(9)47(62)40(29(2)3)53-46(61)41(30(4)5)54(8)38(57)23-17-14-18-24-51-45(60)34(50)28-49)37(65-10)27-39(58)56-25-19-22-36(56)43(66-11)32(7)44(59)52-35(48(63)64)26-33-20-15-13-16-21-33/h13,15-16,20-21,29-32,34-37,40-43H,12,14,17-19,22-28H2,1-11H3,(H,51,60)(H,52,59)(H,53,61)(H,63,64)/t31-,32-,34?,35+,36+,37-,40-,41+,42+,43-/m1/s1. The predicted molar refractivity (Wildman–Crippen MR) is 262 cm³/mol. The average Bonchev–Trinajstić information content (AvgIpc) is 3.77. The highest BCUT2D eigenvalue weighted by atomic mass is 79.9. The number of alkyl halides is 2. The number of ether oxygens (including phenoxy) is 2. The summed E-state index contributed by atoms with van der Waals surface area (Å²) in [6.45, 7) is 14.0. The van der Waals surface area contributed by atoms with Crippen LogP contribution >= 0.6 is 31.9 Å². The van der Waals surface area contributed by atoms with Gasteiger partial charge in [-0.2, -0.15) is 0 Å². The molecule has 0 spiro atoms. The van der Waals surface area contributed by atoms with Gasteiger partial charge in [0.25, 0.3) is 0 Å². The first-order valence-corrected chi connectivity index (χ1v) is 25.4. The smallest absolute Gasteiger partial charge is 0.326 e. The third kappa shape index (κ3) is 17.2. The van der Waals surface area contributed by atoms with Crippen LogP contribution < -0.4 is 16.0 Å². The Kier molecular flexibility index (Phi) is 26.0. The van der Waals surface area contributed by atoms with E-state index in [-0.39, 0.29) is 65.5 Å². The van der Waals surface area contributed by atoms with Crippen LogP contribution in [0, 0.1) is 23.7 Å². The van der Waals surface area contributed by atoms with E-state index in [4.69, 9.17) is 9.47 Å². The Morgan fingerprint density at radius 1 is 0.864 bits per heavy atom. The number of hydrogen-bond donors (Lipinski definition) is 4. The van der Waals surface area contributed by atoms with Gasteiger partial charge in [0.15, 0.2) is 0 Å². The fourth-order valence-corrected chi connectivity index (χ4v) is 9.31. The van der Waals surface area contributed by atoms with Crippen LogP contribution in [0.1, 0.15) is 105 Å². The van der Waals surface area contributed by atoms with E-state index in [0.717, 1.165) is 12.0 Å². The second-order valence-electron chi connectivity index (χ2n) is 18.3. The number of aliphatic carboxylic acids is 1. The number of carboxylic acids is 1. The average molecular weight is 1060 g/mol. The Morgan fingerprint density at radius 2 is 1.52 bits per heavy atom. The number of unbranched alkanes of at least 4 members (excludes halogenated alkanes) is 2. The van der Waals surface area contributed by atoms with Gasteiger partial charge in [0.1, 0.15) is 23.0 Å². The fourth-order valence-electron chi connectivity index (χ4n) is 8.86. The molecule has 18 heteroatoms. The van der Waals surface area contributed by atoms with Gasteiger partial charge < -0.3 is 45.2 Å². The molecule has 0 radical (unpaired) electrons. The van der Waals surface area contributed by atoms with Crippen LogP contribution in [0.15, 0.2) is 30.3 Å². The van der Waals surface area contributed by atoms with Gasteiger partial charge in [-0.25, -0.2) is 4.79 Å². The number of carbonyl (C=O) groups excluding carboxylic acids is 6. The molecule has 1 unspecified atom stereocenters. The van der Waals surface area contributed by atoms with Crippen molar-refractivity contribution in [1.82, 2.24) is 30.7 Å². The van der Waals surface area contributed by atoms with Crippen molar-refractivity contribution in [1.29, 1.82) is 0 Å². The minimum Gasteiger partial charge on any atom is -0.480 e. The minimum absolute atomic E-state index is 0.0705. The van der Waals surface area contributed by atoms with Crippen LogP contribution in [0.4, 0.5) is 0 Å². The Morgan fingerprint density at radius 3 is 2.06 bits per heavy atom. The van der Waals surface area contributed by atoms with Crippen molar-refractivity contribution in [2.24, 2.45) is 23.7 Å². The molecule has 1 fully saturated rings. The van der Waals surface area contributed by atoms with E-state index in [1.165, 1.54) is 19.1 Å². The number of likely N-dealkylation sites (tertiary alicyclic amines) is 1. The highest BCUT2D eigenvalue weighted by Crippen LogP contribution is 2.30. The largest absolute Gasteiger partial charge is 0.480 e. The highest BCUT2D eigenvalue weighted by Gasteiger charge is 2.44. The molecular formula is C48H78Br2N6O10. The molecule has 4 N–H and O–H groups in total. The quantitative estimate of drug-likeness (QED) is 0.0612. The normalized spacial score (nSPS) is 18.0. The zero-order chi connectivity index (χ0) is 49.8. The number of halogens is 2. The van der Waals surface area contributed by atoms with Gasteiger partial charge in [-0.1, -0.05) is 123 Å². The summed E-state index contributed by atoms with van der Waals surface area (Å²) in [6, 6.07) is 5.07. The SMILES string of the molecule is CC[C@@H](C)[C@@H]([C@@H](CC(=O)N1CCC[C@H]1[C@H](OC)[C@@H](C)C(=O)N[C@@H](Cc1ccccc1)C(=O)O)OC)N(C)C(=O)[C@H](NC(=O)[C@H](C(C)C)N(C)C(=O)CCCCCNC(=O)C(Br)CBr)C(C)C. The number of rotatable bonds is 29. The summed E-state index contributed by atoms with van der Waals surface area (Å²) >= 11 is 6.57. The van der Waals surface area contributed by atoms with Gasteiger partial charge >= 0.3 is 5.97 Å². The molecule has 0 aliphatic carbocycles. The number of amides is 6. The lowest BCUT2D eigenvalue weighted by molar-refractivity contribution is -0.149. The maximum atomic E-state index is 14.6. The van der Waals surface area contributed by atoms with Crippen molar-refractivity contribution in [3.8, 4) is 0 Å². The number of likely N-dealkylation sites (N-methyl/N-ethyl adjacent to an activating group) is 2. The molecule has 374 valence electrons. The summed E-state index contributed by atoms with van der Waals surface area (Å²) in [7, 11) is 6.27. The van der Waals surface area contributed by atoms with Crippen molar-refractivity contribution in [3.05, 3.63) is 35.9 Å². The van der Waals surface area contributed by atoms with E-state index in [1.807, 2.05) is 59.7 Å². The Labute approximate surface area is 410 Å². The Bertz CT molecular complexity index is 1720. The number of benzene rings is 1. The van der Waals surface area contributed by atoms with Gasteiger partial charge in [-0.15, -0.1) is 0 Å². The van der Waals surface area contributed by atoms with E-state index < -0.39 is 66.1 Å². The van der Waals surface area contributed by atoms with Crippen LogP contribution in [0.5, 0.6) is 0 Å². The van der Waals surface area contributed by atoms with Crippen molar-refractivity contribution in [2.45, 2.75) is 153 Å². The minimum atomic E-state index is -1.16. The molecule has 0 bridgehead atoms. The number of nitrogens with one attached hydrogen (secondary N) is 3. The molecule has 1 heterocycles. The molecule has 6 amide bonds. The number of carboxylic acid groups (broad SMARTS) is 1. The van der Waals surface area contributed by atoms with Gasteiger partial charge in [0.2, 0.25) is 35.4 Å². The monoisotopic (exact) mass is 1060 g/mol. The zero-order valence-corrected chi connectivity index (χ0v) is 44.2. The van der Waals surface area contributed by atoms with Crippen molar-refractivity contribution < 1.29 is 48.1 Å². The summed E-state index contributed by atoms with van der Waals surface area (Å²) in [5.74, 6) is -4.47. The third-order valence-electron chi connectivity index (χ3n) is 12.9.